The lowest BCUT2D eigenvalue weighted by Gasteiger charge is -2.37. The second-order valence-corrected chi connectivity index (χ2v) is 8.27. The number of fused-ring (bicyclic) bond motifs is 1. The zero-order valence-electron chi connectivity index (χ0n) is 18.4. The average Bonchev–Trinajstić information content (AvgIpc) is 3.39. The van der Waals surface area contributed by atoms with Crippen LogP contribution in [-0.4, -0.2) is 33.9 Å². The number of oxime groups is 1. The molecular formula is C25H25FN4O2. The van der Waals surface area contributed by atoms with Gasteiger partial charge < -0.3 is 19.0 Å². The van der Waals surface area contributed by atoms with Crippen molar-refractivity contribution in [2.24, 2.45) is 5.16 Å². The number of aromatic nitrogens is 2. The number of nitrogens with zero attached hydrogens (tertiary/aromatic N) is 4. The van der Waals surface area contributed by atoms with E-state index < -0.39 is 5.72 Å². The van der Waals surface area contributed by atoms with Crippen LogP contribution in [0, 0.1) is 12.7 Å². The molecule has 2 aliphatic heterocycles. The van der Waals surface area contributed by atoms with Gasteiger partial charge in [-0.1, -0.05) is 23.4 Å². The zero-order valence-corrected chi connectivity index (χ0v) is 18.4. The molecule has 0 saturated carbocycles. The Hall–Kier alpha value is -3.61. The van der Waals surface area contributed by atoms with Gasteiger partial charge in [-0.05, 0) is 61.2 Å². The molecule has 164 valence electrons. The van der Waals surface area contributed by atoms with Gasteiger partial charge in [-0.3, -0.25) is 0 Å². The van der Waals surface area contributed by atoms with Crippen LogP contribution in [0.15, 0.2) is 65.7 Å². The molecule has 6 nitrogen and oxygen atoms in total. The lowest BCUT2D eigenvalue weighted by Crippen LogP contribution is -2.46. The third-order valence-corrected chi connectivity index (χ3v) is 6.11. The van der Waals surface area contributed by atoms with Crippen LogP contribution in [0.3, 0.4) is 0 Å². The van der Waals surface area contributed by atoms with Crippen LogP contribution in [0.4, 0.5) is 4.39 Å². The van der Waals surface area contributed by atoms with Gasteiger partial charge in [0.1, 0.15) is 11.6 Å². The molecule has 0 unspecified atom stereocenters. The van der Waals surface area contributed by atoms with E-state index in [1.54, 1.807) is 25.6 Å². The van der Waals surface area contributed by atoms with Crippen molar-refractivity contribution in [3.8, 4) is 11.4 Å². The molecule has 7 heteroatoms. The number of halogens is 1. The van der Waals surface area contributed by atoms with Gasteiger partial charge in [0.2, 0.25) is 5.72 Å². The van der Waals surface area contributed by atoms with Gasteiger partial charge in [-0.15, -0.1) is 0 Å². The number of methoxy groups -OCH3 is 1. The van der Waals surface area contributed by atoms with Crippen LogP contribution < -0.4 is 4.74 Å². The van der Waals surface area contributed by atoms with E-state index in [4.69, 9.17) is 9.57 Å². The second kappa shape index (κ2) is 7.82. The third kappa shape index (κ3) is 3.43. The third-order valence-electron chi connectivity index (χ3n) is 6.11. The molecule has 2 aliphatic rings. The lowest BCUT2D eigenvalue weighted by atomic mass is 9.95. The van der Waals surface area contributed by atoms with Gasteiger partial charge >= 0.3 is 0 Å². The van der Waals surface area contributed by atoms with Gasteiger partial charge in [-0.2, -0.15) is 0 Å². The average molecular weight is 432 g/mol. The van der Waals surface area contributed by atoms with Crippen LogP contribution in [0.1, 0.15) is 36.6 Å². The largest absolute Gasteiger partial charge is 0.495 e. The van der Waals surface area contributed by atoms with Crippen molar-refractivity contribution in [1.29, 1.82) is 0 Å². The van der Waals surface area contributed by atoms with Crippen molar-refractivity contribution < 1.29 is 14.0 Å². The molecule has 0 aliphatic carbocycles. The van der Waals surface area contributed by atoms with Crippen molar-refractivity contribution >= 4 is 11.9 Å². The number of rotatable bonds is 4. The van der Waals surface area contributed by atoms with Gasteiger partial charge in [0.05, 0.1) is 24.8 Å². The number of piperidine rings is 1. The standard InChI is InChI=1S/C25H25FN4O2/c1-17-15-29(16-27-17)22-11-6-18(14-23(22)31-3)13-19-5-4-12-30-24(19)28-32-25(30,2)20-7-9-21(26)10-8-20/h6-11,13-16H,4-5,12H2,1-3H3/b19-13+/t25-/m1/s1. The molecule has 1 fully saturated rings. The maximum Gasteiger partial charge on any atom is 0.234 e. The van der Waals surface area contributed by atoms with Crippen LogP contribution in [0.5, 0.6) is 5.75 Å². The summed E-state index contributed by atoms with van der Waals surface area (Å²) in [6.07, 6.45) is 7.77. The van der Waals surface area contributed by atoms with E-state index in [2.05, 4.69) is 27.2 Å². The van der Waals surface area contributed by atoms with Gasteiger partial charge in [0.15, 0.2) is 5.84 Å². The Kier molecular flexibility index (Phi) is 4.96. The lowest BCUT2D eigenvalue weighted by molar-refractivity contribution is -0.0913. The minimum atomic E-state index is -0.747. The minimum Gasteiger partial charge on any atom is -0.495 e. The van der Waals surface area contributed by atoms with E-state index in [-0.39, 0.29) is 5.82 Å². The highest BCUT2D eigenvalue weighted by atomic mass is 19.1. The number of imidazole rings is 1. The summed E-state index contributed by atoms with van der Waals surface area (Å²) >= 11 is 0. The molecule has 0 amide bonds. The molecule has 0 N–H and O–H groups in total. The normalized spacial score (nSPS) is 21.3. The number of benzene rings is 2. The Labute approximate surface area is 186 Å². The van der Waals surface area contributed by atoms with Crippen LogP contribution in [-0.2, 0) is 10.6 Å². The maximum atomic E-state index is 13.4. The fourth-order valence-corrected chi connectivity index (χ4v) is 4.38. The molecule has 3 heterocycles. The first-order valence-corrected chi connectivity index (χ1v) is 10.7. The summed E-state index contributed by atoms with van der Waals surface area (Å²) in [5, 5.41) is 4.43. The highest BCUT2D eigenvalue weighted by Gasteiger charge is 2.45. The first-order chi connectivity index (χ1) is 15.5. The molecule has 1 aromatic heterocycles. The number of hydrogen-bond donors (Lipinski definition) is 0. The SMILES string of the molecule is COc1cc(/C=C2\CCCN3C2=NO[C@]3(C)c2ccc(F)cc2)ccc1-n1cnc(C)c1. The van der Waals surface area contributed by atoms with Gasteiger partial charge in [-0.25, -0.2) is 9.37 Å². The summed E-state index contributed by atoms with van der Waals surface area (Å²) in [6.45, 7) is 4.76. The summed E-state index contributed by atoms with van der Waals surface area (Å²) < 4.78 is 21.0. The van der Waals surface area contributed by atoms with E-state index in [1.807, 2.05) is 36.7 Å². The summed E-state index contributed by atoms with van der Waals surface area (Å²) in [7, 11) is 1.67. The Morgan fingerprint density at radius 3 is 2.72 bits per heavy atom. The van der Waals surface area contributed by atoms with Crippen molar-refractivity contribution in [3.63, 3.8) is 0 Å². The fraction of sp³-hybridized carbons (Fsp3) is 0.280. The van der Waals surface area contributed by atoms with Crippen molar-refractivity contribution in [2.75, 3.05) is 13.7 Å². The van der Waals surface area contributed by atoms with Crippen molar-refractivity contribution in [3.05, 3.63) is 83.2 Å². The van der Waals surface area contributed by atoms with Crippen molar-refractivity contribution in [1.82, 2.24) is 14.5 Å². The highest BCUT2D eigenvalue weighted by Crippen LogP contribution is 2.40. The first-order valence-electron chi connectivity index (χ1n) is 10.7. The summed E-state index contributed by atoms with van der Waals surface area (Å²) in [6, 6.07) is 12.5. The van der Waals surface area contributed by atoms with Gasteiger partial charge in [0.25, 0.3) is 0 Å². The smallest absolute Gasteiger partial charge is 0.234 e. The van der Waals surface area contributed by atoms with E-state index >= 15 is 0 Å². The fourth-order valence-electron chi connectivity index (χ4n) is 4.38. The monoisotopic (exact) mass is 432 g/mol. The molecule has 0 radical (unpaired) electrons. The minimum absolute atomic E-state index is 0.265. The molecule has 0 spiro atoms. The van der Waals surface area contributed by atoms with Crippen molar-refractivity contribution in [2.45, 2.75) is 32.4 Å². The molecule has 3 aromatic rings. The quantitative estimate of drug-likeness (QED) is 0.581. The second-order valence-electron chi connectivity index (χ2n) is 8.27. The number of hydrogen-bond acceptors (Lipinski definition) is 5. The first kappa shape index (κ1) is 20.3. The molecule has 1 saturated heterocycles. The summed E-state index contributed by atoms with van der Waals surface area (Å²) in [5.74, 6) is 1.33. The number of ether oxygens (including phenoxy) is 1. The topological polar surface area (TPSA) is 51.9 Å². The Morgan fingerprint density at radius 2 is 2.00 bits per heavy atom. The molecule has 2 aromatic carbocycles. The predicted octanol–water partition coefficient (Wildman–Crippen LogP) is 5.02. The maximum absolute atomic E-state index is 13.4. The Morgan fingerprint density at radius 1 is 1.19 bits per heavy atom. The summed E-state index contributed by atoms with van der Waals surface area (Å²) in [5.41, 5.74) is 4.15. The molecule has 5 rings (SSSR count). The molecule has 1 atom stereocenters. The zero-order chi connectivity index (χ0) is 22.3. The highest BCUT2D eigenvalue weighted by molar-refractivity contribution is 6.03. The molecule has 32 heavy (non-hydrogen) atoms. The van der Waals surface area contributed by atoms with Gasteiger partial charge in [0, 0.05) is 25.2 Å². The number of amidine groups is 1. The van der Waals surface area contributed by atoms with Crippen LogP contribution >= 0.6 is 0 Å². The van der Waals surface area contributed by atoms with E-state index in [1.165, 1.54) is 12.1 Å². The Bertz CT molecular complexity index is 1210. The van der Waals surface area contributed by atoms with E-state index in [9.17, 15) is 4.39 Å². The predicted molar refractivity (Wildman–Crippen MR) is 121 cm³/mol. The molecular weight excluding hydrogens is 407 g/mol. The van der Waals surface area contributed by atoms with Crippen LogP contribution in [0.2, 0.25) is 0 Å². The van der Waals surface area contributed by atoms with E-state index in [0.29, 0.717) is 0 Å². The summed E-state index contributed by atoms with van der Waals surface area (Å²) in [4.78, 5) is 12.4. The van der Waals surface area contributed by atoms with E-state index in [0.717, 1.165) is 59.1 Å². The molecule has 0 bridgehead atoms. The number of aryl methyl sites for hydroxylation is 1. The van der Waals surface area contributed by atoms with Crippen LogP contribution in [0.25, 0.3) is 11.8 Å². The Balaban J connectivity index is 1.45.